The van der Waals surface area contributed by atoms with E-state index >= 15 is 0 Å². The number of nitrogens with zero attached hydrogens (tertiary/aromatic N) is 2. The Morgan fingerprint density at radius 2 is 2.12 bits per heavy atom. The van der Waals surface area contributed by atoms with Crippen LogP contribution < -0.4 is 5.32 Å². The lowest BCUT2D eigenvalue weighted by molar-refractivity contribution is -0.117. The van der Waals surface area contributed by atoms with Crippen LogP contribution in [0.3, 0.4) is 0 Å². The lowest BCUT2D eigenvalue weighted by Gasteiger charge is -2.22. The molecule has 1 heterocycles. The number of rotatable bonds is 7. The quantitative estimate of drug-likeness (QED) is 0.831. The summed E-state index contributed by atoms with van der Waals surface area (Å²) in [6, 6.07) is 5.67. The van der Waals surface area contributed by atoms with Crippen LogP contribution in [0.4, 0.5) is 9.52 Å². The van der Waals surface area contributed by atoms with Crippen LogP contribution in [0.1, 0.15) is 15.2 Å². The average molecular weight is 351 g/mol. The van der Waals surface area contributed by atoms with Crippen molar-refractivity contribution in [1.82, 2.24) is 9.88 Å². The topological polar surface area (TPSA) is 71.5 Å². The molecular formula is C16H18FN3O3S. The van der Waals surface area contributed by atoms with Gasteiger partial charge in [-0.25, -0.2) is 9.37 Å². The van der Waals surface area contributed by atoms with Crippen LogP contribution in [0.25, 0.3) is 0 Å². The number of anilines is 1. The third-order valence-electron chi connectivity index (χ3n) is 3.16. The Morgan fingerprint density at radius 1 is 1.38 bits per heavy atom. The molecule has 128 valence electrons. The summed E-state index contributed by atoms with van der Waals surface area (Å²) in [5, 5.41) is 3.09. The van der Waals surface area contributed by atoms with Gasteiger partial charge in [0.25, 0.3) is 5.91 Å². The van der Waals surface area contributed by atoms with E-state index in [4.69, 9.17) is 4.74 Å². The molecule has 24 heavy (non-hydrogen) atoms. The fourth-order valence-corrected chi connectivity index (χ4v) is 2.68. The van der Waals surface area contributed by atoms with Crippen molar-refractivity contribution in [3.8, 4) is 0 Å². The molecule has 0 aliphatic rings. The zero-order valence-corrected chi connectivity index (χ0v) is 14.2. The zero-order chi connectivity index (χ0) is 17.5. The van der Waals surface area contributed by atoms with Gasteiger partial charge in [0.05, 0.1) is 12.2 Å². The van der Waals surface area contributed by atoms with Gasteiger partial charge in [-0.3, -0.25) is 9.59 Å². The van der Waals surface area contributed by atoms with Crippen LogP contribution in [0.5, 0.6) is 0 Å². The number of carbonyl (C=O) groups is 2. The fraction of sp³-hybridized carbons (Fsp3) is 0.312. The number of carbonyl (C=O) groups excluding carboxylic acids is 2. The molecule has 8 heteroatoms. The Hall–Kier alpha value is -2.32. The first-order chi connectivity index (χ1) is 11.5. The Balaban J connectivity index is 2.08. The molecule has 1 aromatic heterocycles. The molecule has 1 aromatic carbocycles. The van der Waals surface area contributed by atoms with E-state index in [-0.39, 0.29) is 25.3 Å². The van der Waals surface area contributed by atoms with Crippen molar-refractivity contribution < 1.29 is 18.7 Å². The van der Waals surface area contributed by atoms with Crippen molar-refractivity contribution in [3.63, 3.8) is 0 Å². The first-order valence-corrected chi connectivity index (χ1v) is 8.08. The molecule has 0 atom stereocenters. The summed E-state index contributed by atoms with van der Waals surface area (Å²) in [7, 11) is 1.49. The summed E-state index contributed by atoms with van der Waals surface area (Å²) in [5.74, 6) is -1.58. The number of aryl methyl sites for hydroxylation is 1. The minimum atomic E-state index is -0.624. The molecule has 0 unspecified atom stereocenters. The number of halogens is 1. The van der Waals surface area contributed by atoms with Gasteiger partial charge in [-0.05, 0) is 19.1 Å². The standard InChI is InChI=1S/C16H18FN3O3S/c1-11-9-18-16(24-11)19-14(21)10-20(7-8-23-2)15(22)12-5-3-4-6-13(12)17/h3-6,9H,7-8,10H2,1-2H3,(H,18,19,21). The maximum Gasteiger partial charge on any atom is 0.257 e. The van der Waals surface area contributed by atoms with E-state index in [1.165, 1.54) is 41.5 Å². The van der Waals surface area contributed by atoms with Gasteiger partial charge in [0, 0.05) is 24.7 Å². The summed E-state index contributed by atoms with van der Waals surface area (Å²) < 4.78 is 18.8. The smallest absolute Gasteiger partial charge is 0.257 e. The summed E-state index contributed by atoms with van der Waals surface area (Å²) >= 11 is 1.34. The van der Waals surface area contributed by atoms with Gasteiger partial charge < -0.3 is 15.0 Å². The van der Waals surface area contributed by atoms with E-state index in [0.717, 1.165) is 4.88 Å². The van der Waals surface area contributed by atoms with Gasteiger partial charge in [0.2, 0.25) is 5.91 Å². The highest BCUT2D eigenvalue weighted by Gasteiger charge is 2.21. The van der Waals surface area contributed by atoms with Crippen LogP contribution in [0.2, 0.25) is 0 Å². The lowest BCUT2D eigenvalue weighted by Crippen LogP contribution is -2.40. The first kappa shape index (κ1) is 18.0. The molecule has 0 radical (unpaired) electrons. The van der Waals surface area contributed by atoms with Crippen molar-refractivity contribution in [1.29, 1.82) is 0 Å². The molecule has 0 fully saturated rings. The highest BCUT2D eigenvalue weighted by atomic mass is 32.1. The highest BCUT2D eigenvalue weighted by Crippen LogP contribution is 2.16. The van der Waals surface area contributed by atoms with Crippen LogP contribution in [-0.4, -0.2) is 48.5 Å². The molecule has 2 aromatic rings. The second-order valence-corrected chi connectivity index (χ2v) is 6.26. The SMILES string of the molecule is COCCN(CC(=O)Nc1ncc(C)s1)C(=O)c1ccccc1F. The zero-order valence-electron chi connectivity index (χ0n) is 13.4. The number of aromatic nitrogens is 1. The summed E-state index contributed by atoms with van der Waals surface area (Å²) in [5.41, 5.74) is -0.0773. The van der Waals surface area contributed by atoms with Crippen LogP contribution in [0, 0.1) is 12.7 Å². The van der Waals surface area contributed by atoms with Gasteiger partial charge in [0.15, 0.2) is 5.13 Å². The summed E-state index contributed by atoms with van der Waals surface area (Å²) in [6.07, 6.45) is 1.65. The third kappa shape index (κ3) is 4.84. The van der Waals surface area contributed by atoms with Crippen molar-refractivity contribution in [2.24, 2.45) is 0 Å². The second kappa shape index (κ2) is 8.51. The number of hydrogen-bond acceptors (Lipinski definition) is 5. The molecule has 0 aliphatic carbocycles. The molecule has 0 aliphatic heterocycles. The summed E-state index contributed by atoms with van der Waals surface area (Å²) in [6.45, 7) is 2.08. The molecule has 0 saturated heterocycles. The number of hydrogen-bond donors (Lipinski definition) is 1. The minimum Gasteiger partial charge on any atom is -0.383 e. The largest absolute Gasteiger partial charge is 0.383 e. The van der Waals surface area contributed by atoms with Crippen molar-refractivity contribution >= 4 is 28.3 Å². The Kier molecular flexibility index (Phi) is 6.39. The van der Waals surface area contributed by atoms with Crippen LogP contribution >= 0.6 is 11.3 Å². The average Bonchev–Trinajstić information content (AvgIpc) is 2.96. The number of nitrogens with one attached hydrogen (secondary N) is 1. The molecule has 0 saturated carbocycles. The minimum absolute atomic E-state index is 0.0773. The molecule has 6 nitrogen and oxygen atoms in total. The van der Waals surface area contributed by atoms with Crippen LogP contribution in [0.15, 0.2) is 30.5 Å². The molecule has 0 bridgehead atoms. The van der Waals surface area contributed by atoms with Gasteiger partial charge in [0.1, 0.15) is 12.4 Å². The Labute approximate surface area is 143 Å². The molecule has 0 spiro atoms. The van der Waals surface area contributed by atoms with E-state index in [9.17, 15) is 14.0 Å². The Bertz CT molecular complexity index is 720. The lowest BCUT2D eigenvalue weighted by atomic mass is 10.2. The number of thiazole rings is 1. The van der Waals surface area contributed by atoms with E-state index in [0.29, 0.717) is 5.13 Å². The van der Waals surface area contributed by atoms with E-state index in [1.54, 1.807) is 12.3 Å². The van der Waals surface area contributed by atoms with Gasteiger partial charge >= 0.3 is 0 Å². The maximum absolute atomic E-state index is 13.8. The van der Waals surface area contributed by atoms with Crippen molar-refractivity contribution in [3.05, 3.63) is 46.7 Å². The van der Waals surface area contributed by atoms with E-state index in [2.05, 4.69) is 10.3 Å². The third-order valence-corrected chi connectivity index (χ3v) is 3.99. The van der Waals surface area contributed by atoms with Crippen molar-refractivity contribution in [2.45, 2.75) is 6.92 Å². The first-order valence-electron chi connectivity index (χ1n) is 7.26. The number of benzene rings is 1. The van der Waals surface area contributed by atoms with Crippen LogP contribution in [-0.2, 0) is 9.53 Å². The van der Waals surface area contributed by atoms with Gasteiger partial charge in [-0.1, -0.05) is 12.1 Å². The monoisotopic (exact) mass is 351 g/mol. The normalized spacial score (nSPS) is 10.5. The van der Waals surface area contributed by atoms with E-state index < -0.39 is 17.6 Å². The van der Waals surface area contributed by atoms with Crippen molar-refractivity contribution in [2.75, 3.05) is 32.1 Å². The Morgan fingerprint density at radius 3 is 2.75 bits per heavy atom. The molecule has 2 amide bonds. The molecular weight excluding hydrogens is 333 g/mol. The predicted molar refractivity (Wildman–Crippen MR) is 89.7 cm³/mol. The van der Waals surface area contributed by atoms with Gasteiger partial charge in [-0.2, -0.15) is 0 Å². The number of amides is 2. The molecule has 2 rings (SSSR count). The second-order valence-electron chi connectivity index (χ2n) is 5.02. The van der Waals surface area contributed by atoms with Gasteiger partial charge in [-0.15, -0.1) is 11.3 Å². The predicted octanol–water partition coefficient (Wildman–Crippen LogP) is 2.32. The maximum atomic E-state index is 13.8. The number of ether oxygens (including phenoxy) is 1. The number of methoxy groups -OCH3 is 1. The van der Waals surface area contributed by atoms with E-state index in [1.807, 2.05) is 6.92 Å². The highest BCUT2D eigenvalue weighted by molar-refractivity contribution is 7.15. The summed E-state index contributed by atoms with van der Waals surface area (Å²) in [4.78, 5) is 30.9. The molecule has 1 N–H and O–H groups in total. The fourth-order valence-electron chi connectivity index (χ4n) is 2.00.